The van der Waals surface area contributed by atoms with Crippen molar-refractivity contribution in [1.29, 1.82) is 0 Å². The second kappa shape index (κ2) is 13.2. The van der Waals surface area contributed by atoms with Crippen LogP contribution in [0.2, 0.25) is 0 Å². The van der Waals surface area contributed by atoms with E-state index in [0.29, 0.717) is 0 Å². The number of aliphatic hydroxyl groups excluding tert-OH is 2. The van der Waals surface area contributed by atoms with E-state index in [4.69, 9.17) is 14.9 Å². The molecule has 0 saturated heterocycles. The minimum Gasteiger partial charge on any atom is -0.498 e. The molecule has 0 aliphatic rings. The molecule has 0 saturated carbocycles. The maximum Gasteiger partial charge on any atom is 0.115 e. The van der Waals surface area contributed by atoms with Crippen molar-refractivity contribution >= 4 is 0 Å². The van der Waals surface area contributed by atoms with E-state index in [0.717, 1.165) is 12.3 Å². The molecule has 0 radical (unpaired) electrons. The largest absolute Gasteiger partial charge is 0.498 e. The third kappa shape index (κ3) is 14.7. The van der Waals surface area contributed by atoms with E-state index in [1.807, 2.05) is 6.08 Å². The first-order valence-electron chi connectivity index (χ1n) is 6.88. The van der Waals surface area contributed by atoms with Crippen molar-refractivity contribution in [3.63, 3.8) is 0 Å². The molecule has 0 aromatic heterocycles. The molecule has 1 atom stereocenters. The Kier molecular flexibility index (Phi) is 12.3. The fourth-order valence-corrected chi connectivity index (χ4v) is 1.35. The highest BCUT2D eigenvalue weighted by atomic mass is 16.5. The van der Waals surface area contributed by atoms with Gasteiger partial charge in [-0.2, -0.15) is 0 Å². The van der Waals surface area contributed by atoms with Gasteiger partial charge in [-0.25, -0.2) is 0 Å². The third-order valence-corrected chi connectivity index (χ3v) is 2.43. The first kappa shape index (κ1) is 17.8. The predicted molar refractivity (Wildman–Crippen MR) is 78.4 cm³/mol. The lowest BCUT2D eigenvalue weighted by molar-refractivity contribution is 0.0385. The van der Waals surface area contributed by atoms with Crippen molar-refractivity contribution in [1.82, 2.24) is 0 Å². The fraction of sp³-hybridized carbons (Fsp3) is 0.625. The number of rotatable bonds is 9. The van der Waals surface area contributed by atoms with Gasteiger partial charge in [0.05, 0.1) is 12.9 Å². The molecule has 0 aliphatic carbocycles. The quantitative estimate of drug-likeness (QED) is 0.383. The first-order chi connectivity index (χ1) is 9.16. The van der Waals surface area contributed by atoms with Gasteiger partial charge in [0.25, 0.3) is 0 Å². The van der Waals surface area contributed by atoms with Gasteiger partial charge in [-0.05, 0) is 24.8 Å². The summed E-state index contributed by atoms with van der Waals surface area (Å²) >= 11 is 0. The van der Waals surface area contributed by atoms with Crippen LogP contribution in [0.1, 0.15) is 39.5 Å². The van der Waals surface area contributed by atoms with Crippen LogP contribution in [0.4, 0.5) is 0 Å². The van der Waals surface area contributed by atoms with Gasteiger partial charge < -0.3 is 14.9 Å². The molecule has 3 heteroatoms. The summed E-state index contributed by atoms with van der Waals surface area (Å²) in [5, 5.41) is 17.5. The van der Waals surface area contributed by atoms with E-state index in [9.17, 15) is 0 Å². The molecular formula is C16H26O3. The van der Waals surface area contributed by atoms with Gasteiger partial charge in [0.15, 0.2) is 0 Å². The predicted octanol–water partition coefficient (Wildman–Crippen LogP) is 2.65. The van der Waals surface area contributed by atoms with Crippen LogP contribution in [0.25, 0.3) is 0 Å². The zero-order chi connectivity index (χ0) is 14.3. The summed E-state index contributed by atoms with van der Waals surface area (Å²) < 4.78 is 4.95. The molecule has 3 nitrogen and oxygen atoms in total. The lowest BCUT2D eigenvalue weighted by atomic mass is 10.1. The lowest BCUT2D eigenvalue weighted by Crippen LogP contribution is -2.17. The van der Waals surface area contributed by atoms with Crippen molar-refractivity contribution in [3.05, 3.63) is 24.5 Å². The minimum atomic E-state index is -0.830. The van der Waals surface area contributed by atoms with E-state index in [1.54, 1.807) is 6.08 Å². The average molecular weight is 266 g/mol. The van der Waals surface area contributed by atoms with Crippen LogP contribution in [0.5, 0.6) is 0 Å². The Balaban J connectivity index is 3.49. The molecule has 0 aromatic carbocycles. The summed E-state index contributed by atoms with van der Waals surface area (Å²) in [6, 6.07) is 0. The Bertz CT molecular complexity index is 308. The SMILES string of the molecule is CC(C)CCCC/C=C\C#C/C=C\OCC(O)CO. The number of allylic oxidation sites excluding steroid dienone is 3. The maximum absolute atomic E-state index is 8.98. The molecule has 19 heavy (non-hydrogen) atoms. The first-order valence-corrected chi connectivity index (χ1v) is 6.88. The summed E-state index contributed by atoms with van der Waals surface area (Å²) in [6.07, 6.45) is 11.0. The van der Waals surface area contributed by atoms with Crippen molar-refractivity contribution in [2.45, 2.75) is 45.6 Å². The summed E-state index contributed by atoms with van der Waals surface area (Å²) in [6.45, 7) is 4.28. The van der Waals surface area contributed by atoms with Gasteiger partial charge in [-0.1, -0.05) is 44.6 Å². The monoisotopic (exact) mass is 266 g/mol. The highest BCUT2D eigenvalue weighted by molar-refractivity contribution is 5.22. The lowest BCUT2D eigenvalue weighted by Gasteiger charge is -2.04. The summed E-state index contributed by atoms with van der Waals surface area (Å²) in [4.78, 5) is 0. The Morgan fingerprint density at radius 3 is 2.58 bits per heavy atom. The smallest absolute Gasteiger partial charge is 0.115 e. The van der Waals surface area contributed by atoms with Crippen LogP contribution in [0.15, 0.2) is 24.5 Å². The Morgan fingerprint density at radius 1 is 1.16 bits per heavy atom. The number of ether oxygens (including phenoxy) is 1. The van der Waals surface area contributed by atoms with Gasteiger partial charge in [0.1, 0.15) is 12.7 Å². The maximum atomic E-state index is 8.98. The van der Waals surface area contributed by atoms with Crippen molar-refractivity contribution in [3.8, 4) is 11.8 Å². The molecule has 0 aromatic rings. The molecular weight excluding hydrogens is 240 g/mol. The van der Waals surface area contributed by atoms with Gasteiger partial charge in [0, 0.05) is 6.08 Å². The Hall–Kier alpha value is -1.24. The van der Waals surface area contributed by atoms with Gasteiger partial charge >= 0.3 is 0 Å². The van der Waals surface area contributed by atoms with Crippen LogP contribution in [-0.4, -0.2) is 29.5 Å². The topological polar surface area (TPSA) is 49.7 Å². The zero-order valence-corrected chi connectivity index (χ0v) is 12.0. The van der Waals surface area contributed by atoms with E-state index >= 15 is 0 Å². The third-order valence-electron chi connectivity index (χ3n) is 2.43. The molecule has 2 N–H and O–H groups in total. The summed E-state index contributed by atoms with van der Waals surface area (Å²) in [5.41, 5.74) is 0. The van der Waals surface area contributed by atoms with E-state index in [2.05, 4.69) is 31.8 Å². The minimum absolute atomic E-state index is 0.0837. The van der Waals surface area contributed by atoms with Crippen LogP contribution < -0.4 is 0 Å². The summed E-state index contributed by atoms with van der Waals surface area (Å²) in [7, 11) is 0. The number of unbranched alkanes of at least 4 members (excludes halogenated alkanes) is 2. The molecule has 0 aliphatic heterocycles. The van der Waals surface area contributed by atoms with Crippen LogP contribution >= 0.6 is 0 Å². The highest BCUT2D eigenvalue weighted by Gasteiger charge is 1.98. The van der Waals surface area contributed by atoms with E-state index in [-0.39, 0.29) is 13.2 Å². The molecule has 1 unspecified atom stereocenters. The molecule has 0 fully saturated rings. The van der Waals surface area contributed by atoms with Crippen LogP contribution in [0, 0.1) is 17.8 Å². The van der Waals surface area contributed by atoms with Crippen LogP contribution in [0.3, 0.4) is 0 Å². The molecule has 0 spiro atoms. The fourth-order valence-electron chi connectivity index (χ4n) is 1.35. The summed E-state index contributed by atoms with van der Waals surface area (Å²) in [5.74, 6) is 6.47. The van der Waals surface area contributed by atoms with Crippen molar-refractivity contribution < 1.29 is 14.9 Å². The Labute approximate surface area is 117 Å². The standard InChI is InChI=1S/C16H26O3/c1-15(2)11-9-7-5-3-4-6-8-10-12-19-14-16(18)13-17/h3-4,10,12,15-18H,5,7,9,11,13-14H2,1-2H3/b4-3-,12-10-. The van der Waals surface area contributed by atoms with E-state index < -0.39 is 6.10 Å². The number of aliphatic hydroxyl groups is 2. The van der Waals surface area contributed by atoms with E-state index in [1.165, 1.54) is 25.5 Å². The number of hydrogen-bond acceptors (Lipinski definition) is 3. The second-order valence-corrected chi connectivity index (χ2v) is 4.84. The number of hydrogen-bond donors (Lipinski definition) is 2. The van der Waals surface area contributed by atoms with Crippen molar-refractivity contribution in [2.75, 3.05) is 13.2 Å². The molecule has 0 rings (SSSR count). The normalized spacial score (nSPS) is 12.9. The molecule has 0 heterocycles. The van der Waals surface area contributed by atoms with Gasteiger partial charge in [0.2, 0.25) is 0 Å². The Morgan fingerprint density at radius 2 is 1.89 bits per heavy atom. The van der Waals surface area contributed by atoms with Gasteiger partial charge in [-0.3, -0.25) is 0 Å². The van der Waals surface area contributed by atoms with Crippen molar-refractivity contribution in [2.24, 2.45) is 5.92 Å². The zero-order valence-electron chi connectivity index (χ0n) is 12.0. The second-order valence-electron chi connectivity index (χ2n) is 4.84. The molecule has 0 amide bonds. The average Bonchev–Trinajstić information content (AvgIpc) is 2.39. The van der Waals surface area contributed by atoms with Gasteiger partial charge in [-0.15, -0.1) is 0 Å². The highest BCUT2D eigenvalue weighted by Crippen LogP contribution is 2.07. The molecule has 108 valence electrons. The van der Waals surface area contributed by atoms with Crippen LogP contribution in [-0.2, 0) is 4.74 Å². The molecule has 0 bridgehead atoms.